The van der Waals surface area contributed by atoms with Crippen molar-refractivity contribution in [3.63, 3.8) is 0 Å². The van der Waals surface area contributed by atoms with Crippen LogP contribution < -0.4 is 20.3 Å². The Bertz CT molecular complexity index is 3120. The van der Waals surface area contributed by atoms with Crippen LogP contribution in [-0.2, 0) is 20.9 Å². The molecule has 5 aromatic rings. The highest BCUT2D eigenvalue weighted by Gasteiger charge is 2.52. The van der Waals surface area contributed by atoms with E-state index in [0.717, 1.165) is 42.4 Å². The summed E-state index contributed by atoms with van der Waals surface area (Å²) in [6.07, 6.45) is 13.2. The summed E-state index contributed by atoms with van der Waals surface area (Å²) in [7, 11) is 0. The molecule has 17 heteroatoms. The van der Waals surface area contributed by atoms with E-state index in [-0.39, 0.29) is 84.4 Å². The Morgan fingerprint density at radius 3 is 2.52 bits per heavy atom. The van der Waals surface area contributed by atoms with Crippen LogP contribution in [-0.4, -0.2) is 129 Å². The highest BCUT2D eigenvalue weighted by molar-refractivity contribution is 6.06. The summed E-state index contributed by atoms with van der Waals surface area (Å²) < 4.78 is 44.9. The second-order valence-electron chi connectivity index (χ2n) is 20.4. The van der Waals surface area contributed by atoms with Gasteiger partial charge in [0.1, 0.15) is 42.1 Å². The van der Waals surface area contributed by atoms with Gasteiger partial charge in [-0.25, -0.2) is 13.6 Å². The number of hydrogen-bond donors (Lipinski definition) is 2. The van der Waals surface area contributed by atoms with Gasteiger partial charge in [0.2, 0.25) is 11.8 Å². The Morgan fingerprint density at radius 1 is 0.944 bits per heavy atom. The molecule has 0 radical (unpaired) electrons. The van der Waals surface area contributed by atoms with E-state index < -0.39 is 29.1 Å². The summed E-state index contributed by atoms with van der Waals surface area (Å²) in [5, 5.41) is 7.53. The maximum absolute atomic E-state index is 17.2. The first-order valence-electron chi connectivity index (χ1n) is 24.7. The quantitative estimate of drug-likeness (QED) is 0.0957. The molecule has 2 N–H and O–H groups in total. The largest absolute Gasteiger partial charge is 0.461 e. The molecular formula is C54H53F2N9O6. The molecule has 364 valence electrons. The Labute approximate surface area is 408 Å². The van der Waals surface area contributed by atoms with Crippen molar-refractivity contribution in [2.75, 3.05) is 50.8 Å². The van der Waals surface area contributed by atoms with E-state index in [4.69, 9.17) is 25.9 Å². The van der Waals surface area contributed by atoms with Gasteiger partial charge in [-0.2, -0.15) is 9.97 Å². The van der Waals surface area contributed by atoms with E-state index in [0.29, 0.717) is 98.1 Å². The molecule has 7 aliphatic heterocycles. The molecule has 3 aromatic carbocycles. The molecule has 71 heavy (non-hydrogen) atoms. The molecule has 6 fully saturated rings. The smallest absolute Gasteiger partial charge is 0.409 e. The number of terminal acetylenes is 1. The van der Waals surface area contributed by atoms with E-state index >= 15 is 8.78 Å². The molecule has 2 bridgehead atoms. The van der Waals surface area contributed by atoms with Gasteiger partial charge in [0.25, 0.3) is 5.91 Å². The van der Waals surface area contributed by atoms with Crippen molar-refractivity contribution in [1.82, 2.24) is 40.3 Å². The molecule has 7 aliphatic rings. The number of carbonyl (C=O) groups excluding carboxylic acids is 4. The minimum atomic E-state index is -0.687. The number of likely N-dealkylation sites (tertiary alicyclic amines) is 1. The number of nitrogens with one attached hydrogen (secondary N) is 2. The number of fused-ring (bicyclic) bond motifs is 6. The summed E-state index contributed by atoms with van der Waals surface area (Å²) in [4.78, 5) is 73.8. The summed E-state index contributed by atoms with van der Waals surface area (Å²) in [6, 6.07) is 13.7. The zero-order chi connectivity index (χ0) is 48.7. The van der Waals surface area contributed by atoms with Crippen molar-refractivity contribution in [3.8, 4) is 29.6 Å². The Balaban J connectivity index is 0.739. The first-order valence-corrected chi connectivity index (χ1v) is 24.7. The molecule has 15 nitrogen and oxygen atoms in total. The predicted octanol–water partition coefficient (Wildman–Crippen LogP) is 6.36. The van der Waals surface area contributed by atoms with Crippen LogP contribution in [0.4, 0.5) is 19.4 Å². The zero-order valence-electron chi connectivity index (χ0n) is 39.2. The van der Waals surface area contributed by atoms with E-state index in [1.165, 1.54) is 6.07 Å². The van der Waals surface area contributed by atoms with Crippen molar-refractivity contribution in [2.45, 2.75) is 100.0 Å². The minimum Gasteiger partial charge on any atom is -0.461 e. The van der Waals surface area contributed by atoms with Crippen molar-refractivity contribution in [2.24, 2.45) is 0 Å². The number of ether oxygens (including phenoxy) is 2. The zero-order valence-corrected chi connectivity index (χ0v) is 39.2. The van der Waals surface area contributed by atoms with Crippen LogP contribution >= 0.6 is 0 Å². The molecular weight excluding hydrogens is 909 g/mol. The third-order valence-corrected chi connectivity index (χ3v) is 16.2. The lowest BCUT2D eigenvalue weighted by Gasteiger charge is -2.35. The van der Waals surface area contributed by atoms with Gasteiger partial charge in [-0.1, -0.05) is 54.5 Å². The fraction of sp³-hybridized carbons (Fsp3) is 0.426. The summed E-state index contributed by atoms with van der Waals surface area (Å²) >= 11 is 0. The lowest BCUT2D eigenvalue weighted by Crippen LogP contribution is -2.52. The molecule has 0 saturated carbocycles. The minimum absolute atomic E-state index is 0.00673. The number of piperidine rings is 2. The standard InChI is InChI=1S/C54H53F2N9O6/c1-3-36-42(55)13-10-32-6-4-9-39(45(32)36)47-46(56)48-40(23-57-47)49(63-25-33-11-12-34(26-63)58-33)61-52(60-48)71-29-54-19-16-35(65(54)24-30(2)22-54)28-70-53(69)62-20-17-31(18-21-62)37-7-5-8-38-41(37)27-64(51(38)68)43-14-15-44(66)59-50(43)67/h1,4-10,13,23,31,33-35,43,58H,2,11-12,14-22,24-29H2,(H,59,66,67)/t33-,34+,35-,43?,54-/m0/s1. The Morgan fingerprint density at radius 2 is 1.73 bits per heavy atom. The highest BCUT2D eigenvalue weighted by atomic mass is 19.1. The third kappa shape index (κ3) is 7.82. The predicted molar refractivity (Wildman–Crippen MR) is 259 cm³/mol. The number of imide groups is 1. The van der Waals surface area contributed by atoms with E-state index in [9.17, 15) is 19.2 Å². The molecule has 6 saturated heterocycles. The molecule has 4 amide bonds. The number of aromatic nitrogens is 3. The van der Waals surface area contributed by atoms with Gasteiger partial charge in [-0.05, 0) is 85.9 Å². The number of hydrogen-bond acceptors (Lipinski definition) is 12. The molecule has 0 aliphatic carbocycles. The molecule has 9 heterocycles. The van der Waals surface area contributed by atoms with Gasteiger partial charge in [-0.3, -0.25) is 29.6 Å². The maximum Gasteiger partial charge on any atom is 0.409 e. The van der Waals surface area contributed by atoms with E-state index in [1.54, 1.807) is 46.3 Å². The molecule has 12 rings (SSSR count). The average Bonchev–Trinajstić information content (AvgIpc) is 4.11. The lowest BCUT2D eigenvalue weighted by atomic mass is 9.85. The monoisotopic (exact) mass is 961 g/mol. The second-order valence-corrected chi connectivity index (χ2v) is 20.4. The van der Waals surface area contributed by atoms with Gasteiger partial charge >= 0.3 is 12.1 Å². The molecule has 0 spiro atoms. The average molecular weight is 962 g/mol. The molecule has 2 aromatic heterocycles. The number of halogens is 2. The number of nitrogens with zero attached hydrogens (tertiary/aromatic N) is 7. The highest BCUT2D eigenvalue weighted by Crippen LogP contribution is 2.45. The topological polar surface area (TPSA) is 162 Å². The van der Waals surface area contributed by atoms with Gasteiger partial charge in [-0.15, -0.1) is 6.42 Å². The van der Waals surface area contributed by atoms with Crippen LogP contribution in [0.2, 0.25) is 0 Å². The lowest BCUT2D eigenvalue weighted by molar-refractivity contribution is -0.136. The van der Waals surface area contributed by atoms with E-state index in [2.05, 4.69) is 37.9 Å². The number of carbonyl (C=O) groups is 4. The first-order chi connectivity index (χ1) is 34.4. The van der Waals surface area contributed by atoms with E-state index in [1.807, 2.05) is 12.1 Å². The Hall–Kier alpha value is -7.03. The normalized spacial score (nSPS) is 25.5. The summed E-state index contributed by atoms with van der Waals surface area (Å²) in [5.74, 6) is 0.900. The number of anilines is 1. The van der Waals surface area contributed by atoms with Gasteiger partial charge in [0.15, 0.2) is 5.82 Å². The van der Waals surface area contributed by atoms with Crippen molar-refractivity contribution in [1.29, 1.82) is 0 Å². The summed E-state index contributed by atoms with van der Waals surface area (Å²) in [5.41, 5.74) is 3.56. The number of amides is 4. The number of benzene rings is 3. The van der Waals surface area contributed by atoms with Crippen LogP contribution in [0.15, 0.2) is 66.9 Å². The van der Waals surface area contributed by atoms with Gasteiger partial charge < -0.3 is 29.5 Å². The van der Waals surface area contributed by atoms with Crippen molar-refractivity contribution >= 4 is 51.3 Å². The molecule has 1 unspecified atom stereocenters. The third-order valence-electron chi connectivity index (χ3n) is 16.2. The van der Waals surface area contributed by atoms with Crippen molar-refractivity contribution in [3.05, 3.63) is 101 Å². The van der Waals surface area contributed by atoms with Crippen molar-refractivity contribution < 1.29 is 37.4 Å². The van der Waals surface area contributed by atoms with Crippen LogP contribution in [0.25, 0.3) is 32.9 Å². The first kappa shape index (κ1) is 45.1. The second kappa shape index (κ2) is 17.7. The van der Waals surface area contributed by atoms with Gasteiger partial charge in [0, 0.05) is 86.5 Å². The fourth-order valence-electron chi connectivity index (χ4n) is 12.8. The number of rotatable bonds is 9. The van der Waals surface area contributed by atoms with Crippen LogP contribution in [0.3, 0.4) is 0 Å². The molecule has 5 atom stereocenters. The maximum atomic E-state index is 17.2. The SMILES string of the molecule is C#Cc1c(F)ccc2cccc(-c3ncc4c(N5C[C@H]6CC[C@@H](C5)N6)nc(OC[C@@]56CC[C@@H](COC(=O)N7CCC(c8cccc9c8CN(C8CCC(=O)NC8=O)C9=O)CC7)N5CC(=C)C6)nc4c3F)c12. The van der Waals surface area contributed by atoms with Crippen LogP contribution in [0.5, 0.6) is 6.01 Å². The fourth-order valence-corrected chi connectivity index (χ4v) is 12.8. The van der Waals surface area contributed by atoms with Crippen LogP contribution in [0, 0.1) is 24.0 Å². The summed E-state index contributed by atoms with van der Waals surface area (Å²) in [6.45, 7) is 8.03. The number of pyridine rings is 1. The Kier molecular flexibility index (Phi) is 11.2. The van der Waals surface area contributed by atoms with Crippen LogP contribution in [0.1, 0.15) is 90.8 Å². The van der Waals surface area contributed by atoms with Gasteiger partial charge in [0.05, 0.1) is 16.5 Å². The number of piperazine rings is 1.